The number of hydrogen-bond acceptors (Lipinski definition) is 7. The van der Waals surface area contributed by atoms with Crippen molar-refractivity contribution in [3.63, 3.8) is 0 Å². The van der Waals surface area contributed by atoms with Crippen molar-refractivity contribution in [2.75, 3.05) is 56.4 Å². The summed E-state index contributed by atoms with van der Waals surface area (Å²) in [5.41, 5.74) is 11.0. The largest absolute Gasteiger partial charge is 0.454 e. The van der Waals surface area contributed by atoms with E-state index in [9.17, 15) is 9.59 Å². The molecule has 0 bridgehead atoms. The number of morpholine rings is 1. The quantitative estimate of drug-likeness (QED) is 0.384. The Morgan fingerprint density at radius 2 is 1.76 bits per heavy atom. The molecule has 3 aromatic rings. The molecule has 2 fully saturated rings. The molecule has 2 amide bonds. The number of nitrogens with two attached hydrogens (primary N) is 1. The first-order valence-electron chi connectivity index (χ1n) is 14.3. The van der Waals surface area contributed by atoms with E-state index < -0.39 is 0 Å². The predicted octanol–water partition coefficient (Wildman–Crippen LogP) is 4.26. The summed E-state index contributed by atoms with van der Waals surface area (Å²) in [5, 5.41) is 3.15. The van der Waals surface area contributed by atoms with Crippen molar-refractivity contribution in [2.45, 2.75) is 25.8 Å². The highest BCUT2D eigenvalue weighted by atomic mass is 16.7. The van der Waals surface area contributed by atoms with Gasteiger partial charge in [-0.25, -0.2) is 0 Å². The van der Waals surface area contributed by atoms with Gasteiger partial charge in [0.1, 0.15) is 0 Å². The summed E-state index contributed by atoms with van der Waals surface area (Å²) < 4.78 is 16.4. The number of fused-ring (bicyclic) bond motifs is 1. The lowest BCUT2D eigenvalue weighted by molar-refractivity contribution is -0.133. The highest BCUT2D eigenvalue weighted by Gasteiger charge is 2.33. The fourth-order valence-corrected chi connectivity index (χ4v) is 5.34. The molecule has 6 rings (SSSR count). The lowest BCUT2D eigenvalue weighted by atomic mass is 10.0. The fraction of sp³-hybridized carbons (Fsp3) is 0.375. The predicted molar refractivity (Wildman–Crippen MR) is 157 cm³/mol. The fourth-order valence-electron chi connectivity index (χ4n) is 5.34. The maximum Gasteiger partial charge on any atom is 0.255 e. The van der Waals surface area contributed by atoms with Gasteiger partial charge >= 0.3 is 0 Å². The van der Waals surface area contributed by atoms with Crippen molar-refractivity contribution in [2.24, 2.45) is 11.7 Å². The first kappa shape index (κ1) is 27.1. The normalized spacial score (nSPS) is 16.0. The third-order valence-electron chi connectivity index (χ3n) is 7.74. The van der Waals surface area contributed by atoms with Crippen LogP contribution >= 0.6 is 0 Å². The molecule has 0 radical (unpaired) electrons. The van der Waals surface area contributed by atoms with Crippen LogP contribution in [0.4, 0.5) is 11.4 Å². The summed E-state index contributed by atoms with van der Waals surface area (Å²) in [6, 6.07) is 19.6. The number of hydrogen-bond donors (Lipinski definition) is 2. The van der Waals surface area contributed by atoms with Crippen molar-refractivity contribution in [3.8, 4) is 22.6 Å². The molecule has 0 atom stereocenters. The Hall–Kier alpha value is -4.08. The van der Waals surface area contributed by atoms with Gasteiger partial charge in [0.25, 0.3) is 5.91 Å². The first-order chi connectivity index (χ1) is 20.1. The van der Waals surface area contributed by atoms with Gasteiger partial charge in [-0.1, -0.05) is 24.3 Å². The Labute approximate surface area is 240 Å². The summed E-state index contributed by atoms with van der Waals surface area (Å²) >= 11 is 0. The molecule has 0 spiro atoms. The van der Waals surface area contributed by atoms with Gasteiger partial charge in [-0.15, -0.1) is 0 Å². The Morgan fingerprint density at radius 3 is 2.56 bits per heavy atom. The number of carbonyl (C=O) groups is 2. The molecule has 0 unspecified atom stereocenters. The van der Waals surface area contributed by atoms with Gasteiger partial charge in [0.05, 0.1) is 24.6 Å². The van der Waals surface area contributed by atoms with E-state index in [4.69, 9.17) is 19.9 Å². The first-order valence-corrected chi connectivity index (χ1v) is 14.3. The summed E-state index contributed by atoms with van der Waals surface area (Å²) in [4.78, 5) is 30.5. The van der Waals surface area contributed by atoms with E-state index in [0.29, 0.717) is 49.9 Å². The number of anilines is 2. The average Bonchev–Trinajstić information content (AvgIpc) is 3.76. The Balaban J connectivity index is 1.27. The van der Waals surface area contributed by atoms with Gasteiger partial charge in [0, 0.05) is 37.7 Å². The topological polar surface area (TPSA) is 106 Å². The van der Waals surface area contributed by atoms with Crippen LogP contribution in [-0.2, 0) is 16.1 Å². The highest BCUT2D eigenvalue weighted by molar-refractivity contribution is 6.06. The van der Waals surface area contributed by atoms with Crippen LogP contribution in [0.5, 0.6) is 11.5 Å². The van der Waals surface area contributed by atoms with E-state index in [1.54, 1.807) is 18.2 Å². The molecule has 3 N–H and O–H groups in total. The Morgan fingerprint density at radius 1 is 0.951 bits per heavy atom. The number of nitrogens with zero attached hydrogens (tertiary/aromatic N) is 2. The van der Waals surface area contributed by atoms with Gasteiger partial charge in [0.15, 0.2) is 11.5 Å². The van der Waals surface area contributed by atoms with Crippen molar-refractivity contribution in [3.05, 3.63) is 71.8 Å². The summed E-state index contributed by atoms with van der Waals surface area (Å²) in [6.07, 6.45) is 2.75. The van der Waals surface area contributed by atoms with E-state index in [2.05, 4.69) is 40.5 Å². The van der Waals surface area contributed by atoms with Crippen LogP contribution in [0.25, 0.3) is 11.1 Å². The number of rotatable bonds is 10. The van der Waals surface area contributed by atoms with E-state index in [-0.39, 0.29) is 24.5 Å². The van der Waals surface area contributed by atoms with Gasteiger partial charge < -0.3 is 35.1 Å². The van der Waals surface area contributed by atoms with Gasteiger partial charge in [-0.05, 0) is 78.9 Å². The highest BCUT2D eigenvalue weighted by Crippen LogP contribution is 2.36. The van der Waals surface area contributed by atoms with Crippen molar-refractivity contribution in [1.82, 2.24) is 4.90 Å². The molecule has 2 aliphatic heterocycles. The SMILES string of the molecule is NCCCN(Cc1cccc(-c2ccc(N3CCOCC3)c(NC(=O)c3ccc4c(c3)OCO4)c2)c1)C(=O)C1CC1. The van der Waals surface area contributed by atoms with Crippen molar-refractivity contribution < 1.29 is 23.8 Å². The Bertz CT molecular complexity index is 1420. The summed E-state index contributed by atoms with van der Waals surface area (Å²) in [5.74, 6) is 1.37. The number of amides is 2. The lowest BCUT2D eigenvalue weighted by Crippen LogP contribution is -2.36. The molecule has 9 nitrogen and oxygen atoms in total. The van der Waals surface area contributed by atoms with Gasteiger partial charge in [-0.2, -0.15) is 0 Å². The minimum Gasteiger partial charge on any atom is -0.454 e. The number of benzene rings is 3. The number of nitrogens with one attached hydrogen (secondary N) is 1. The van der Waals surface area contributed by atoms with Crippen molar-refractivity contribution >= 4 is 23.2 Å². The second-order valence-electron chi connectivity index (χ2n) is 10.7. The molecule has 3 aromatic carbocycles. The number of carbonyl (C=O) groups excluding carboxylic acids is 2. The van der Waals surface area contributed by atoms with Crippen LogP contribution < -0.4 is 25.4 Å². The Kier molecular flexibility index (Phi) is 8.07. The molecule has 9 heteroatoms. The summed E-state index contributed by atoms with van der Waals surface area (Å²) in [6.45, 7) is 4.71. The van der Waals surface area contributed by atoms with Crippen LogP contribution in [0.15, 0.2) is 60.7 Å². The monoisotopic (exact) mass is 556 g/mol. The third kappa shape index (κ3) is 6.31. The molecule has 214 valence electrons. The second kappa shape index (κ2) is 12.2. The second-order valence-corrected chi connectivity index (χ2v) is 10.7. The van der Waals surface area contributed by atoms with Crippen LogP contribution in [0, 0.1) is 5.92 Å². The maximum atomic E-state index is 13.4. The zero-order valence-electron chi connectivity index (χ0n) is 23.1. The van der Waals surface area contributed by atoms with Gasteiger partial charge in [-0.3, -0.25) is 9.59 Å². The zero-order chi connectivity index (χ0) is 28.2. The molecule has 1 aliphatic carbocycles. The minimum atomic E-state index is -0.224. The summed E-state index contributed by atoms with van der Waals surface area (Å²) in [7, 11) is 0. The van der Waals surface area contributed by atoms with Crippen LogP contribution in [0.1, 0.15) is 35.2 Å². The molecular weight excluding hydrogens is 520 g/mol. The average molecular weight is 557 g/mol. The van der Waals surface area contributed by atoms with E-state index >= 15 is 0 Å². The molecular formula is C32H36N4O5. The number of ether oxygens (including phenoxy) is 3. The van der Waals surface area contributed by atoms with Crippen LogP contribution in [0.3, 0.4) is 0 Å². The molecule has 41 heavy (non-hydrogen) atoms. The molecule has 1 saturated carbocycles. The molecule has 2 heterocycles. The zero-order valence-corrected chi connectivity index (χ0v) is 23.1. The van der Waals surface area contributed by atoms with Crippen LogP contribution in [-0.4, -0.2) is 62.9 Å². The lowest BCUT2D eigenvalue weighted by Gasteiger charge is -2.31. The standard InChI is InChI=1S/C32H36N4O5/c33-11-2-12-36(32(38)23-5-6-23)20-22-3-1-4-24(17-22)25-7-9-28(35-13-15-39-16-14-35)27(18-25)34-31(37)26-8-10-29-30(19-26)41-21-40-29/h1,3-4,7-10,17-19,23H,2,5-6,11-16,20-21,33H2,(H,34,37). The molecule has 1 saturated heterocycles. The smallest absolute Gasteiger partial charge is 0.255 e. The van der Waals surface area contributed by atoms with E-state index in [1.165, 1.54) is 0 Å². The van der Waals surface area contributed by atoms with Crippen LogP contribution in [0.2, 0.25) is 0 Å². The molecule has 0 aromatic heterocycles. The minimum absolute atomic E-state index is 0.155. The van der Waals surface area contributed by atoms with E-state index in [0.717, 1.165) is 60.4 Å². The van der Waals surface area contributed by atoms with Gasteiger partial charge in [0.2, 0.25) is 12.7 Å². The van der Waals surface area contributed by atoms with Crippen molar-refractivity contribution in [1.29, 1.82) is 0 Å². The van der Waals surface area contributed by atoms with E-state index in [1.807, 2.05) is 17.0 Å². The third-order valence-corrected chi connectivity index (χ3v) is 7.74. The maximum absolute atomic E-state index is 13.4. The molecule has 3 aliphatic rings.